The predicted molar refractivity (Wildman–Crippen MR) is 123 cm³/mol. The Morgan fingerprint density at radius 2 is 1.76 bits per heavy atom. The molecule has 1 saturated heterocycles. The fourth-order valence-corrected chi connectivity index (χ4v) is 5.55. The lowest BCUT2D eigenvalue weighted by Gasteiger charge is -2.30. The lowest BCUT2D eigenvalue weighted by molar-refractivity contribution is -0.120. The average molecular weight is 470 g/mol. The first-order valence-corrected chi connectivity index (χ1v) is 12.0. The first-order valence-electron chi connectivity index (χ1n) is 10.6. The Morgan fingerprint density at radius 3 is 2.45 bits per heavy atom. The Labute approximate surface area is 191 Å². The fourth-order valence-electron chi connectivity index (χ4n) is 3.83. The maximum Gasteiger partial charge on any atom is 0.248 e. The van der Waals surface area contributed by atoms with Gasteiger partial charge in [-0.25, -0.2) is 12.8 Å². The fraction of sp³-hybridized carbons (Fsp3) is 0.250. The smallest absolute Gasteiger partial charge is 0.248 e. The van der Waals surface area contributed by atoms with Gasteiger partial charge in [0.1, 0.15) is 11.5 Å². The van der Waals surface area contributed by atoms with Crippen molar-refractivity contribution < 1.29 is 22.1 Å². The number of amides is 1. The van der Waals surface area contributed by atoms with Gasteiger partial charge in [0.25, 0.3) is 0 Å². The minimum atomic E-state index is -3.90. The van der Waals surface area contributed by atoms with Gasteiger partial charge in [0.05, 0.1) is 0 Å². The summed E-state index contributed by atoms with van der Waals surface area (Å²) in [6.07, 6.45) is 3.67. The number of hydrogen-bond donors (Lipinski definition) is 1. The van der Waals surface area contributed by atoms with Gasteiger partial charge < -0.3 is 9.84 Å². The first kappa shape index (κ1) is 22.9. The van der Waals surface area contributed by atoms with Gasteiger partial charge in [0, 0.05) is 30.3 Å². The number of piperidine rings is 1. The molecule has 0 atom stereocenters. The van der Waals surface area contributed by atoms with E-state index in [4.69, 9.17) is 4.52 Å². The molecule has 1 aromatic heterocycles. The van der Waals surface area contributed by atoms with Crippen molar-refractivity contribution in [2.75, 3.05) is 18.4 Å². The summed E-state index contributed by atoms with van der Waals surface area (Å²) in [6, 6.07) is 15.3. The number of aryl methyl sites for hydroxylation is 1. The van der Waals surface area contributed by atoms with E-state index in [1.54, 1.807) is 25.1 Å². The Bertz CT molecular complexity index is 1260. The molecule has 0 unspecified atom stereocenters. The minimum Gasteiger partial charge on any atom is -0.355 e. The van der Waals surface area contributed by atoms with Crippen LogP contribution < -0.4 is 5.32 Å². The lowest BCUT2D eigenvalue weighted by Crippen LogP contribution is -2.41. The quantitative estimate of drug-likeness (QED) is 0.580. The topological polar surface area (TPSA) is 92.5 Å². The van der Waals surface area contributed by atoms with E-state index in [1.165, 1.54) is 22.5 Å². The van der Waals surface area contributed by atoms with Crippen LogP contribution in [-0.4, -0.2) is 36.9 Å². The van der Waals surface area contributed by atoms with Crippen LogP contribution in [0.1, 0.15) is 29.9 Å². The minimum absolute atomic E-state index is 0.0396. The highest BCUT2D eigenvalue weighted by Gasteiger charge is 2.35. The number of aromatic nitrogens is 1. The summed E-state index contributed by atoms with van der Waals surface area (Å²) in [5.74, 6) is -0.779. The molecule has 0 radical (unpaired) electrons. The Morgan fingerprint density at radius 1 is 1.09 bits per heavy atom. The van der Waals surface area contributed by atoms with E-state index in [9.17, 15) is 17.6 Å². The van der Waals surface area contributed by atoms with E-state index < -0.39 is 15.8 Å². The number of nitrogens with one attached hydrogen (secondary N) is 1. The van der Waals surface area contributed by atoms with Crippen molar-refractivity contribution in [2.24, 2.45) is 5.92 Å². The van der Waals surface area contributed by atoms with Gasteiger partial charge in [0.2, 0.25) is 15.9 Å². The van der Waals surface area contributed by atoms with E-state index in [1.807, 2.05) is 30.3 Å². The van der Waals surface area contributed by atoms with Crippen LogP contribution in [0.5, 0.6) is 0 Å². The number of carbonyl (C=O) groups is 1. The van der Waals surface area contributed by atoms with Gasteiger partial charge in [0.15, 0.2) is 10.7 Å². The van der Waals surface area contributed by atoms with Crippen LogP contribution in [0.15, 0.2) is 64.0 Å². The SMILES string of the molecule is Cc1noc(/C=C/c2ccccc2F)c1S(=O)(=O)N1CCC(C(=O)Nc2ccccc2)CC1. The molecule has 7 nitrogen and oxygen atoms in total. The number of carbonyl (C=O) groups excluding carboxylic acids is 1. The summed E-state index contributed by atoms with van der Waals surface area (Å²) in [5, 5.41) is 6.69. The highest BCUT2D eigenvalue weighted by molar-refractivity contribution is 7.89. The van der Waals surface area contributed by atoms with Crippen molar-refractivity contribution in [1.29, 1.82) is 0 Å². The molecule has 3 aromatic rings. The van der Waals surface area contributed by atoms with Crippen molar-refractivity contribution in [1.82, 2.24) is 9.46 Å². The molecule has 2 aromatic carbocycles. The Balaban J connectivity index is 1.47. The van der Waals surface area contributed by atoms with Gasteiger partial charge in [-0.15, -0.1) is 0 Å². The average Bonchev–Trinajstić information content (AvgIpc) is 3.20. The van der Waals surface area contributed by atoms with E-state index in [-0.39, 0.29) is 41.3 Å². The number of hydrogen-bond acceptors (Lipinski definition) is 5. The van der Waals surface area contributed by atoms with Gasteiger partial charge in [-0.3, -0.25) is 4.79 Å². The molecular formula is C24H24FN3O4S. The monoisotopic (exact) mass is 469 g/mol. The molecule has 172 valence electrons. The summed E-state index contributed by atoms with van der Waals surface area (Å²) in [6.45, 7) is 1.96. The van der Waals surface area contributed by atoms with Crippen molar-refractivity contribution in [3.8, 4) is 0 Å². The van der Waals surface area contributed by atoms with Gasteiger partial charge in [-0.05, 0) is 50.1 Å². The van der Waals surface area contributed by atoms with Gasteiger partial charge in [-0.1, -0.05) is 41.6 Å². The molecule has 2 heterocycles. The first-order chi connectivity index (χ1) is 15.9. The van der Waals surface area contributed by atoms with Gasteiger partial charge >= 0.3 is 0 Å². The molecule has 0 aliphatic carbocycles. The molecular weight excluding hydrogens is 445 g/mol. The third-order valence-corrected chi connectivity index (χ3v) is 7.67. The zero-order valence-corrected chi connectivity index (χ0v) is 18.9. The number of sulfonamides is 1. The molecule has 0 saturated carbocycles. The Hall–Kier alpha value is -3.30. The second kappa shape index (κ2) is 9.68. The third kappa shape index (κ3) is 5.04. The highest BCUT2D eigenvalue weighted by atomic mass is 32.2. The highest BCUT2D eigenvalue weighted by Crippen LogP contribution is 2.29. The van der Waals surface area contributed by atoms with E-state index in [0.29, 0.717) is 24.1 Å². The van der Waals surface area contributed by atoms with Crippen LogP contribution in [0.4, 0.5) is 10.1 Å². The summed E-state index contributed by atoms with van der Waals surface area (Å²) < 4.78 is 47.2. The number of benzene rings is 2. The van der Waals surface area contributed by atoms with E-state index in [2.05, 4.69) is 10.5 Å². The van der Waals surface area contributed by atoms with Crippen LogP contribution in [0.3, 0.4) is 0 Å². The summed E-state index contributed by atoms with van der Waals surface area (Å²) in [5.41, 5.74) is 1.25. The summed E-state index contributed by atoms with van der Waals surface area (Å²) in [4.78, 5) is 12.5. The Kier molecular flexibility index (Phi) is 6.71. The molecule has 1 aliphatic heterocycles. The lowest BCUT2D eigenvalue weighted by atomic mass is 9.97. The maximum absolute atomic E-state index is 13.9. The van der Waals surface area contributed by atoms with E-state index in [0.717, 1.165) is 0 Å². The molecule has 0 spiro atoms. The number of para-hydroxylation sites is 1. The van der Waals surface area contributed by atoms with Crippen molar-refractivity contribution in [3.05, 3.63) is 77.4 Å². The van der Waals surface area contributed by atoms with E-state index >= 15 is 0 Å². The number of halogens is 1. The number of anilines is 1. The standard InChI is InChI=1S/C24H24FN3O4S/c1-17-23(22(32-27-17)12-11-18-7-5-6-10-21(18)25)33(30,31)28-15-13-19(14-16-28)24(29)26-20-8-3-2-4-9-20/h2-12,19H,13-16H2,1H3,(H,26,29)/b12-11+. The molecule has 0 bridgehead atoms. The van der Waals surface area contributed by atoms with Crippen LogP contribution in [-0.2, 0) is 14.8 Å². The number of rotatable bonds is 6. The van der Waals surface area contributed by atoms with Crippen molar-refractivity contribution >= 4 is 33.8 Å². The summed E-state index contributed by atoms with van der Waals surface area (Å²) in [7, 11) is -3.90. The zero-order chi connectivity index (χ0) is 23.4. The number of nitrogens with zero attached hydrogens (tertiary/aromatic N) is 2. The normalized spacial score (nSPS) is 15.7. The maximum atomic E-state index is 13.9. The van der Waals surface area contributed by atoms with Crippen LogP contribution in [0.25, 0.3) is 12.2 Å². The molecule has 9 heteroatoms. The molecule has 1 aliphatic rings. The molecule has 4 rings (SSSR count). The second-order valence-corrected chi connectivity index (χ2v) is 9.72. The van der Waals surface area contributed by atoms with Crippen molar-refractivity contribution in [3.63, 3.8) is 0 Å². The van der Waals surface area contributed by atoms with Crippen LogP contribution >= 0.6 is 0 Å². The van der Waals surface area contributed by atoms with Gasteiger partial charge in [-0.2, -0.15) is 4.31 Å². The predicted octanol–water partition coefficient (Wildman–Crippen LogP) is 4.33. The van der Waals surface area contributed by atoms with Crippen LogP contribution in [0.2, 0.25) is 0 Å². The zero-order valence-electron chi connectivity index (χ0n) is 18.1. The molecule has 1 fully saturated rings. The molecule has 1 amide bonds. The third-order valence-electron chi connectivity index (χ3n) is 5.62. The second-order valence-electron chi connectivity index (χ2n) is 7.85. The molecule has 33 heavy (non-hydrogen) atoms. The van der Waals surface area contributed by atoms with Crippen molar-refractivity contribution in [2.45, 2.75) is 24.7 Å². The summed E-state index contributed by atoms with van der Waals surface area (Å²) >= 11 is 0. The molecule has 1 N–H and O–H groups in total. The van der Waals surface area contributed by atoms with Crippen LogP contribution in [0, 0.1) is 18.7 Å². The largest absolute Gasteiger partial charge is 0.355 e.